The highest BCUT2D eigenvalue weighted by atomic mass is 19.4. The van der Waals surface area contributed by atoms with Crippen LogP contribution in [-0.2, 0) is 12.6 Å². The number of alkyl halides is 5. The Morgan fingerprint density at radius 1 is 1.28 bits per heavy atom. The van der Waals surface area contributed by atoms with E-state index in [-0.39, 0.29) is 11.4 Å². The van der Waals surface area contributed by atoms with Crippen LogP contribution in [0.25, 0.3) is 10.5 Å². The van der Waals surface area contributed by atoms with Gasteiger partial charge in [-0.05, 0) is 24.6 Å². The molecule has 3 rings (SSSR count). The molecule has 0 bridgehead atoms. The first kappa shape index (κ1) is 17.4. The Morgan fingerprint density at radius 3 is 2.56 bits per heavy atom. The first-order valence-corrected chi connectivity index (χ1v) is 7.11. The third kappa shape index (κ3) is 2.76. The first-order chi connectivity index (χ1) is 11.6. The number of halogens is 6. The number of aromatic nitrogens is 1. The lowest BCUT2D eigenvalue weighted by atomic mass is 9.89. The van der Waals surface area contributed by atoms with Crippen LogP contribution in [-0.4, -0.2) is 15.6 Å². The Hall–Kier alpha value is -2.47. The minimum Gasteiger partial charge on any atom is -0.382 e. The number of benzene rings is 1. The lowest BCUT2D eigenvalue weighted by molar-refractivity contribution is -0.147. The molecule has 1 N–H and O–H groups in total. The van der Waals surface area contributed by atoms with Gasteiger partial charge in [-0.1, -0.05) is 0 Å². The highest BCUT2D eigenvalue weighted by Crippen LogP contribution is 2.48. The summed E-state index contributed by atoms with van der Waals surface area (Å²) < 4.78 is 81.6. The first-order valence-electron chi connectivity index (χ1n) is 7.11. The summed E-state index contributed by atoms with van der Waals surface area (Å²) in [6, 6.07) is 3.09. The average Bonchev–Trinajstić information content (AvgIpc) is 2.92. The highest BCUT2D eigenvalue weighted by Gasteiger charge is 2.50. The minimum absolute atomic E-state index is 0.0246. The number of rotatable bonds is 1. The molecule has 0 fully saturated rings. The van der Waals surface area contributed by atoms with Crippen molar-refractivity contribution >= 4 is 5.69 Å². The quantitative estimate of drug-likeness (QED) is 0.575. The number of hydrogen-bond donors (Lipinski definition) is 1. The summed E-state index contributed by atoms with van der Waals surface area (Å²) >= 11 is 0. The van der Waals surface area contributed by atoms with E-state index in [1.807, 2.05) is 0 Å². The molecule has 0 radical (unpaired) electrons. The molecule has 2 aromatic rings. The summed E-state index contributed by atoms with van der Waals surface area (Å²) in [6.45, 7) is 6.88. The molecule has 1 atom stereocenters. The van der Waals surface area contributed by atoms with Gasteiger partial charge in [-0.2, -0.15) is 13.2 Å². The van der Waals surface area contributed by atoms with E-state index in [1.54, 1.807) is 0 Å². The lowest BCUT2D eigenvalue weighted by Crippen LogP contribution is -2.33. The molecule has 0 saturated heterocycles. The van der Waals surface area contributed by atoms with E-state index in [2.05, 4.69) is 4.85 Å². The van der Waals surface area contributed by atoms with Gasteiger partial charge >= 0.3 is 6.18 Å². The summed E-state index contributed by atoms with van der Waals surface area (Å²) in [5.41, 5.74) is -2.76. The van der Waals surface area contributed by atoms with E-state index in [4.69, 9.17) is 6.57 Å². The zero-order valence-corrected chi connectivity index (χ0v) is 12.4. The van der Waals surface area contributed by atoms with Crippen molar-refractivity contribution in [3.8, 4) is 5.69 Å². The molecule has 132 valence electrons. The largest absolute Gasteiger partial charge is 0.418 e. The van der Waals surface area contributed by atoms with Gasteiger partial charge in [-0.3, -0.25) is 0 Å². The van der Waals surface area contributed by atoms with Crippen LogP contribution < -0.4 is 0 Å². The monoisotopic (exact) mass is 360 g/mol. The molecule has 25 heavy (non-hydrogen) atoms. The van der Waals surface area contributed by atoms with Gasteiger partial charge in [0.05, 0.1) is 12.1 Å². The fraction of sp³-hybridized carbons (Fsp3) is 0.312. The third-order valence-corrected chi connectivity index (χ3v) is 4.15. The van der Waals surface area contributed by atoms with E-state index in [1.165, 1.54) is 0 Å². The maximum Gasteiger partial charge on any atom is 0.418 e. The molecule has 0 spiro atoms. The Bertz CT molecular complexity index is 878. The molecule has 0 amide bonds. The molecule has 1 aliphatic rings. The van der Waals surface area contributed by atoms with Crippen molar-refractivity contribution in [1.82, 2.24) is 4.57 Å². The van der Waals surface area contributed by atoms with Crippen LogP contribution in [0, 0.1) is 12.4 Å². The topological polar surface area (TPSA) is 29.5 Å². The van der Waals surface area contributed by atoms with Crippen molar-refractivity contribution in [3.63, 3.8) is 0 Å². The predicted octanol–water partition coefficient (Wildman–Crippen LogP) is 4.80. The van der Waals surface area contributed by atoms with Gasteiger partial charge in [0.2, 0.25) is 5.69 Å². The molecule has 0 unspecified atom stereocenters. The Labute approximate surface area is 137 Å². The van der Waals surface area contributed by atoms with Crippen LogP contribution in [0.3, 0.4) is 0 Å². The molecule has 1 aliphatic carbocycles. The number of aliphatic hydroxyl groups is 1. The smallest absolute Gasteiger partial charge is 0.382 e. The lowest BCUT2D eigenvalue weighted by Gasteiger charge is -2.29. The van der Waals surface area contributed by atoms with Crippen LogP contribution in [0.5, 0.6) is 0 Å². The SMILES string of the molecule is [C-]#[N+]c1cc(-n2cc(C(F)(F)F)c3c2CCC(F)(F)[C@H]3O)ccc1F. The second kappa shape index (κ2) is 5.52. The van der Waals surface area contributed by atoms with Crippen molar-refractivity contribution in [1.29, 1.82) is 0 Å². The van der Waals surface area contributed by atoms with Gasteiger partial charge in [0, 0.05) is 29.6 Å². The normalized spacial score (nSPS) is 19.4. The minimum atomic E-state index is -4.95. The van der Waals surface area contributed by atoms with E-state index in [9.17, 15) is 31.4 Å². The number of nitrogens with zero attached hydrogens (tertiary/aromatic N) is 2. The van der Waals surface area contributed by atoms with Crippen LogP contribution >= 0.6 is 0 Å². The van der Waals surface area contributed by atoms with E-state index < -0.39 is 53.7 Å². The summed E-state index contributed by atoms with van der Waals surface area (Å²) in [5.74, 6) is -4.52. The highest BCUT2D eigenvalue weighted by molar-refractivity contribution is 5.55. The molecule has 3 nitrogen and oxygen atoms in total. The standard InChI is InChI=1S/C16H10F6N2O/c1-23-11-6-8(2-3-10(11)17)24-7-9(16(20,21)22)13-12(24)4-5-15(18,19)14(13)25/h2-3,6-7,14,25H,4-5H2/t14-/m0/s1. The molecular weight excluding hydrogens is 350 g/mol. The average molecular weight is 360 g/mol. The molecule has 1 aromatic carbocycles. The zero-order chi connectivity index (χ0) is 18.6. The number of hydrogen-bond acceptors (Lipinski definition) is 1. The Balaban J connectivity index is 2.26. The fourth-order valence-corrected chi connectivity index (χ4v) is 2.95. The van der Waals surface area contributed by atoms with Gasteiger partial charge in [-0.15, -0.1) is 0 Å². The van der Waals surface area contributed by atoms with Crippen LogP contribution in [0.2, 0.25) is 0 Å². The summed E-state index contributed by atoms with van der Waals surface area (Å²) in [7, 11) is 0. The maximum absolute atomic E-state index is 13.7. The second-order valence-electron chi connectivity index (χ2n) is 5.68. The number of fused-ring (bicyclic) bond motifs is 1. The molecular formula is C16H10F6N2O. The van der Waals surface area contributed by atoms with E-state index in [0.717, 1.165) is 22.8 Å². The van der Waals surface area contributed by atoms with Crippen molar-refractivity contribution in [2.45, 2.75) is 31.0 Å². The third-order valence-electron chi connectivity index (χ3n) is 4.15. The molecule has 1 aromatic heterocycles. The van der Waals surface area contributed by atoms with E-state index in [0.29, 0.717) is 6.20 Å². The molecule has 0 aliphatic heterocycles. The fourth-order valence-electron chi connectivity index (χ4n) is 2.95. The zero-order valence-electron chi connectivity index (χ0n) is 12.4. The van der Waals surface area contributed by atoms with Crippen LogP contribution in [0.15, 0.2) is 24.4 Å². The van der Waals surface area contributed by atoms with Crippen LogP contribution in [0.4, 0.5) is 32.0 Å². The van der Waals surface area contributed by atoms with Crippen molar-refractivity contribution in [2.24, 2.45) is 0 Å². The van der Waals surface area contributed by atoms with Crippen molar-refractivity contribution in [3.05, 3.63) is 58.5 Å². The molecule has 9 heteroatoms. The van der Waals surface area contributed by atoms with E-state index >= 15 is 0 Å². The van der Waals surface area contributed by atoms with Gasteiger partial charge in [0.15, 0.2) is 0 Å². The van der Waals surface area contributed by atoms with Crippen molar-refractivity contribution < 1.29 is 31.4 Å². The molecule has 1 heterocycles. The van der Waals surface area contributed by atoms with Gasteiger partial charge in [0.1, 0.15) is 11.9 Å². The van der Waals surface area contributed by atoms with Gasteiger partial charge < -0.3 is 9.67 Å². The van der Waals surface area contributed by atoms with Crippen molar-refractivity contribution in [2.75, 3.05) is 0 Å². The second-order valence-corrected chi connectivity index (χ2v) is 5.68. The summed E-state index contributed by atoms with van der Waals surface area (Å²) in [4.78, 5) is 2.93. The van der Waals surface area contributed by atoms with Gasteiger partial charge in [0.25, 0.3) is 5.92 Å². The van der Waals surface area contributed by atoms with Crippen LogP contribution in [0.1, 0.15) is 29.3 Å². The summed E-state index contributed by atoms with van der Waals surface area (Å²) in [5, 5.41) is 9.77. The number of aliphatic hydroxyl groups excluding tert-OH is 1. The Kier molecular flexibility index (Phi) is 3.84. The predicted molar refractivity (Wildman–Crippen MR) is 75.2 cm³/mol. The maximum atomic E-state index is 13.7. The van der Waals surface area contributed by atoms with Gasteiger partial charge in [-0.25, -0.2) is 18.0 Å². The summed E-state index contributed by atoms with van der Waals surface area (Å²) in [6.07, 6.45) is -8.17. The molecule has 0 saturated carbocycles. The Morgan fingerprint density at radius 2 is 1.96 bits per heavy atom.